The van der Waals surface area contributed by atoms with E-state index in [1.807, 2.05) is 35.7 Å². The van der Waals surface area contributed by atoms with Crippen LogP contribution in [0.5, 0.6) is 11.5 Å². The molecule has 0 amide bonds. The molecule has 4 aromatic rings. The number of hydrogen-bond acceptors (Lipinski definition) is 10. The van der Waals surface area contributed by atoms with Gasteiger partial charge < -0.3 is 19.5 Å². The molecule has 1 aliphatic rings. The standard InChI is InChI=1S/C27H26ClN5O3S2/c1-34-26-23(36-11-2-8-33-9-12-35-13-10-33)6-4-20-24(18(16-29)17-31-25(20)26)32-22-5-3-19(15-21(22)28)38-27-30-7-14-37-27/h3-7,14-15,17H,2,8-13H2,1H3,(H,31,32). The molecule has 1 N–H and O–H groups in total. The number of hydrogen-bond donors (Lipinski definition) is 1. The summed E-state index contributed by atoms with van der Waals surface area (Å²) in [5.74, 6) is 1.15. The van der Waals surface area contributed by atoms with Crippen molar-refractivity contribution in [1.82, 2.24) is 14.9 Å². The van der Waals surface area contributed by atoms with E-state index in [9.17, 15) is 5.26 Å². The zero-order chi connectivity index (χ0) is 26.3. The van der Waals surface area contributed by atoms with E-state index in [-0.39, 0.29) is 0 Å². The second-order valence-corrected chi connectivity index (χ2v) is 11.1. The predicted octanol–water partition coefficient (Wildman–Crippen LogP) is 6.22. The number of anilines is 2. The minimum Gasteiger partial charge on any atom is -0.491 e. The van der Waals surface area contributed by atoms with Gasteiger partial charge in [-0.1, -0.05) is 23.4 Å². The van der Waals surface area contributed by atoms with Crippen molar-refractivity contribution in [3.63, 3.8) is 0 Å². The average Bonchev–Trinajstić information content (AvgIpc) is 3.46. The van der Waals surface area contributed by atoms with E-state index >= 15 is 0 Å². The Morgan fingerprint density at radius 2 is 2.11 bits per heavy atom. The van der Waals surface area contributed by atoms with Gasteiger partial charge in [0.1, 0.15) is 11.6 Å². The molecule has 1 fully saturated rings. The summed E-state index contributed by atoms with van der Waals surface area (Å²) in [4.78, 5) is 12.2. The number of benzene rings is 2. The highest BCUT2D eigenvalue weighted by atomic mass is 35.5. The molecule has 5 rings (SSSR count). The van der Waals surface area contributed by atoms with Crippen LogP contribution in [0.15, 0.2) is 57.3 Å². The lowest BCUT2D eigenvalue weighted by molar-refractivity contribution is 0.0357. The Morgan fingerprint density at radius 3 is 2.84 bits per heavy atom. The predicted molar refractivity (Wildman–Crippen MR) is 151 cm³/mol. The van der Waals surface area contributed by atoms with Crippen molar-refractivity contribution in [2.75, 3.05) is 51.9 Å². The van der Waals surface area contributed by atoms with Crippen molar-refractivity contribution in [3.05, 3.63) is 58.7 Å². The quantitative estimate of drug-likeness (QED) is 0.224. The minimum atomic E-state index is 0.399. The fourth-order valence-corrected chi connectivity index (χ4v) is 6.13. The third kappa shape index (κ3) is 6.14. The van der Waals surface area contributed by atoms with Crippen molar-refractivity contribution < 1.29 is 14.2 Å². The Kier molecular flexibility index (Phi) is 8.83. The molecule has 196 valence electrons. The van der Waals surface area contributed by atoms with Crippen LogP contribution in [0, 0.1) is 11.3 Å². The molecule has 0 radical (unpaired) electrons. The largest absolute Gasteiger partial charge is 0.491 e. The van der Waals surface area contributed by atoms with Crippen molar-refractivity contribution in [2.24, 2.45) is 0 Å². The number of nitrogens with one attached hydrogen (secondary N) is 1. The number of nitriles is 1. The number of thiazole rings is 1. The molecule has 2 aromatic carbocycles. The van der Waals surface area contributed by atoms with E-state index in [2.05, 4.69) is 26.3 Å². The van der Waals surface area contributed by atoms with Crippen LogP contribution in [0.4, 0.5) is 11.4 Å². The third-order valence-electron chi connectivity index (χ3n) is 6.08. The number of morpholine rings is 1. The summed E-state index contributed by atoms with van der Waals surface area (Å²) < 4.78 is 18.1. The van der Waals surface area contributed by atoms with Gasteiger partial charge in [0.2, 0.25) is 0 Å². The number of methoxy groups -OCH3 is 1. The Morgan fingerprint density at radius 1 is 1.24 bits per heavy atom. The number of ether oxygens (including phenoxy) is 3. The van der Waals surface area contributed by atoms with Crippen LogP contribution < -0.4 is 14.8 Å². The van der Waals surface area contributed by atoms with Crippen LogP contribution >= 0.6 is 34.7 Å². The molecule has 0 atom stereocenters. The third-order valence-corrected chi connectivity index (χ3v) is 8.26. The van der Waals surface area contributed by atoms with E-state index in [4.69, 9.17) is 25.8 Å². The van der Waals surface area contributed by atoms with Crippen LogP contribution in [0.1, 0.15) is 12.0 Å². The van der Waals surface area contributed by atoms with Gasteiger partial charge in [-0.25, -0.2) is 4.98 Å². The van der Waals surface area contributed by atoms with Crippen LogP contribution in [0.2, 0.25) is 5.02 Å². The van der Waals surface area contributed by atoms with Crippen molar-refractivity contribution in [3.8, 4) is 17.6 Å². The van der Waals surface area contributed by atoms with Gasteiger partial charge in [-0.3, -0.25) is 9.88 Å². The van der Waals surface area contributed by atoms with Crippen molar-refractivity contribution >= 4 is 57.0 Å². The SMILES string of the molecule is COc1c(OCCCN2CCOCC2)ccc2c(Nc3ccc(Sc4nccs4)cc3Cl)c(C#N)cnc12. The van der Waals surface area contributed by atoms with Crippen LogP contribution in [0.3, 0.4) is 0 Å². The van der Waals surface area contributed by atoms with Gasteiger partial charge in [0.15, 0.2) is 15.8 Å². The highest BCUT2D eigenvalue weighted by molar-refractivity contribution is 8.01. The number of pyridine rings is 1. The van der Waals surface area contributed by atoms with Crippen LogP contribution in [0.25, 0.3) is 10.9 Å². The van der Waals surface area contributed by atoms with Gasteiger partial charge in [-0.05, 0) is 36.8 Å². The molecule has 0 unspecified atom stereocenters. The average molecular weight is 568 g/mol. The van der Waals surface area contributed by atoms with Gasteiger partial charge in [-0.15, -0.1) is 11.3 Å². The van der Waals surface area contributed by atoms with Gasteiger partial charge in [0.05, 0.1) is 48.9 Å². The van der Waals surface area contributed by atoms with Crippen LogP contribution in [-0.4, -0.2) is 61.4 Å². The zero-order valence-corrected chi connectivity index (χ0v) is 23.2. The maximum atomic E-state index is 9.81. The smallest absolute Gasteiger partial charge is 0.187 e. The Balaban J connectivity index is 1.36. The molecule has 0 spiro atoms. The second-order valence-electron chi connectivity index (χ2n) is 8.47. The lowest BCUT2D eigenvalue weighted by Gasteiger charge is -2.26. The molecule has 8 nitrogen and oxygen atoms in total. The number of halogens is 1. The lowest BCUT2D eigenvalue weighted by Crippen LogP contribution is -2.37. The molecule has 0 bridgehead atoms. The molecule has 1 aliphatic heterocycles. The molecule has 0 saturated carbocycles. The summed E-state index contributed by atoms with van der Waals surface area (Å²) in [6.07, 6.45) is 4.21. The molecule has 2 aromatic heterocycles. The maximum absolute atomic E-state index is 9.81. The molecule has 38 heavy (non-hydrogen) atoms. The first-order chi connectivity index (χ1) is 18.7. The fraction of sp³-hybridized carbons (Fsp3) is 0.296. The van der Waals surface area contributed by atoms with E-state index in [0.29, 0.717) is 45.6 Å². The molecule has 1 saturated heterocycles. The number of aromatic nitrogens is 2. The number of fused-ring (bicyclic) bond motifs is 1. The first-order valence-electron chi connectivity index (χ1n) is 12.1. The van der Waals surface area contributed by atoms with Crippen molar-refractivity contribution in [2.45, 2.75) is 15.7 Å². The van der Waals surface area contributed by atoms with Gasteiger partial charge in [0, 0.05) is 47.7 Å². The van der Waals surface area contributed by atoms with Gasteiger partial charge in [-0.2, -0.15) is 5.26 Å². The van der Waals surface area contributed by atoms with Gasteiger partial charge in [0.25, 0.3) is 0 Å². The monoisotopic (exact) mass is 567 g/mol. The van der Waals surface area contributed by atoms with E-state index in [1.54, 1.807) is 36.4 Å². The van der Waals surface area contributed by atoms with E-state index in [0.717, 1.165) is 53.9 Å². The molecular weight excluding hydrogens is 542 g/mol. The second kappa shape index (κ2) is 12.7. The van der Waals surface area contributed by atoms with Crippen molar-refractivity contribution in [1.29, 1.82) is 5.26 Å². The first-order valence-corrected chi connectivity index (χ1v) is 14.2. The van der Waals surface area contributed by atoms with E-state index < -0.39 is 0 Å². The number of rotatable bonds is 10. The highest BCUT2D eigenvalue weighted by Crippen LogP contribution is 2.41. The number of nitrogens with zero attached hydrogens (tertiary/aromatic N) is 4. The minimum absolute atomic E-state index is 0.399. The molecule has 11 heteroatoms. The zero-order valence-electron chi connectivity index (χ0n) is 20.8. The van der Waals surface area contributed by atoms with Crippen LogP contribution in [-0.2, 0) is 4.74 Å². The molecule has 0 aliphatic carbocycles. The summed E-state index contributed by atoms with van der Waals surface area (Å²) in [6.45, 7) is 5.00. The fourth-order valence-electron chi connectivity index (χ4n) is 4.20. The maximum Gasteiger partial charge on any atom is 0.187 e. The normalized spacial score (nSPS) is 13.8. The summed E-state index contributed by atoms with van der Waals surface area (Å²) in [5.41, 5.74) is 2.29. The van der Waals surface area contributed by atoms with Gasteiger partial charge >= 0.3 is 0 Å². The molecular formula is C27H26ClN5O3S2. The summed E-state index contributed by atoms with van der Waals surface area (Å²) in [6, 6.07) is 11.7. The summed E-state index contributed by atoms with van der Waals surface area (Å²) in [5, 5.41) is 16.4. The highest BCUT2D eigenvalue weighted by Gasteiger charge is 2.18. The molecule has 3 heterocycles. The summed E-state index contributed by atoms with van der Waals surface area (Å²) in [7, 11) is 1.60. The Labute approximate surface area is 234 Å². The lowest BCUT2D eigenvalue weighted by atomic mass is 10.1. The van der Waals surface area contributed by atoms with E-state index in [1.165, 1.54) is 6.20 Å². The Bertz CT molecular complexity index is 1440. The Hall–Kier alpha value is -3.07. The first kappa shape index (κ1) is 26.5. The summed E-state index contributed by atoms with van der Waals surface area (Å²) >= 11 is 9.76. The topological polar surface area (TPSA) is 92.5 Å².